The van der Waals surface area contributed by atoms with Crippen LogP contribution in [0.15, 0.2) is 12.1 Å². The van der Waals surface area contributed by atoms with Crippen molar-refractivity contribution in [3.05, 3.63) is 34.6 Å². The van der Waals surface area contributed by atoms with Gasteiger partial charge in [-0.3, -0.25) is 4.40 Å². The number of imidazole rings is 1. The highest BCUT2D eigenvalue weighted by molar-refractivity contribution is 7.80. The third-order valence-corrected chi connectivity index (χ3v) is 9.70. The second-order valence-corrected chi connectivity index (χ2v) is 13.9. The smallest absolute Gasteiger partial charge is 0.202 e. The van der Waals surface area contributed by atoms with Gasteiger partial charge in [0.2, 0.25) is 5.75 Å². The lowest BCUT2D eigenvalue weighted by atomic mass is 9.59. The number of nitrogens with zero attached hydrogens (tertiary/aromatic N) is 3. The van der Waals surface area contributed by atoms with Gasteiger partial charge in [0.05, 0.1) is 16.4 Å². The summed E-state index contributed by atoms with van der Waals surface area (Å²) in [5, 5.41) is 32.3. The van der Waals surface area contributed by atoms with Crippen molar-refractivity contribution in [2.75, 3.05) is 0 Å². The Morgan fingerprint density at radius 2 is 1.30 bits per heavy atom. The van der Waals surface area contributed by atoms with E-state index in [2.05, 4.69) is 91.5 Å². The molecule has 2 aromatic heterocycles. The van der Waals surface area contributed by atoms with Crippen LogP contribution in [0.4, 0.5) is 0 Å². The fourth-order valence-electron chi connectivity index (χ4n) is 6.11. The number of fused-ring (bicyclic) bond motifs is 6. The molecule has 0 saturated heterocycles. The average molecular weight is 568 g/mol. The van der Waals surface area contributed by atoms with Crippen molar-refractivity contribution in [2.45, 2.75) is 118 Å². The van der Waals surface area contributed by atoms with Crippen molar-refractivity contribution in [2.24, 2.45) is 5.41 Å². The molecular weight excluding hydrogens is 518 g/mol. The number of rotatable bonds is 1. The first-order valence-corrected chi connectivity index (χ1v) is 15.0. The molecule has 2 aromatic carbocycles. The maximum Gasteiger partial charge on any atom is 0.202 e. The van der Waals surface area contributed by atoms with Crippen molar-refractivity contribution >= 4 is 40.2 Å². The van der Waals surface area contributed by atoms with Crippen molar-refractivity contribution < 1.29 is 15.3 Å². The van der Waals surface area contributed by atoms with E-state index in [-0.39, 0.29) is 21.8 Å². The zero-order valence-corrected chi connectivity index (χ0v) is 27.8. The van der Waals surface area contributed by atoms with E-state index in [0.29, 0.717) is 22.4 Å². The molecule has 6 nitrogen and oxygen atoms in total. The van der Waals surface area contributed by atoms with Crippen LogP contribution in [0, 0.1) is 5.41 Å². The first-order valence-electron chi connectivity index (χ1n) is 14.5. The number of hydrogen-bond donors (Lipinski definition) is 4. The molecular formula is C33H49N3O3S. The van der Waals surface area contributed by atoms with Crippen LogP contribution < -0.4 is 0 Å². The minimum atomic E-state index is -0.587. The molecule has 0 radical (unpaired) electrons. The van der Waals surface area contributed by atoms with Crippen LogP contribution in [-0.4, -0.2) is 29.7 Å². The van der Waals surface area contributed by atoms with E-state index in [4.69, 9.17) is 9.97 Å². The number of benzene rings is 2. The highest BCUT2D eigenvalue weighted by Crippen LogP contribution is 2.62. The average Bonchev–Trinajstić information content (AvgIpc) is 3.30. The monoisotopic (exact) mass is 567 g/mol. The molecule has 220 valence electrons. The predicted molar refractivity (Wildman–Crippen MR) is 172 cm³/mol. The molecule has 40 heavy (non-hydrogen) atoms. The maximum atomic E-state index is 10.9. The Bertz CT molecular complexity index is 1610. The number of phenolic OH excluding ortho intramolecular Hbond substituents is 3. The number of aromatic nitrogens is 3. The Hall–Kier alpha value is -2.67. The second kappa shape index (κ2) is 10.0. The predicted octanol–water partition coefficient (Wildman–Crippen LogP) is 9.09. The normalized spacial score (nSPS) is 17.7. The molecule has 1 atom stereocenters. The van der Waals surface area contributed by atoms with E-state index in [9.17, 15) is 15.3 Å². The molecule has 1 aliphatic rings. The zero-order valence-electron chi connectivity index (χ0n) is 26.9. The Balaban J connectivity index is 0.00000106. The minimum absolute atomic E-state index is 0.0170. The van der Waals surface area contributed by atoms with Crippen LogP contribution in [0.3, 0.4) is 0 Å². The molecule has 5 rings (SSSR count). The van der Waals surface area contributed by atoms with Gasteiger partial charge in [-0.1, -0.05) is 90.0 Å². The van der Waals surface area contributed by atoms with Gasteiger partial charge in [-0.15, -0.1) is 0 Å². The summed E-state index contributed by atoms with van der Waals surface area (Å²) in [7, 11) is 0. The Morgan fingerprint density at radius 1 is 0.800 bits per heavy atom. The molecule has 4 aromatic rings. The highest BCUT2D eigenvalue weighted by Gasteiger charge is 2.57. The van der Waals surface area contributed by atoms with Crippen molar-refractivity contribution in [1.82, 2.24) is 14.4 Å². The fraction of sp³-hybridized carbons (Fsp3) is 0.576. The molecule has 2 heterocycles. The summed E-state index contributed by atoms with van der Waals surface area (Å²) in [6.07, 6.45) is 0. The first-order chi connectivity index (χ1) is 18.4. The fourth-order valence-corrected chi connectivity index (χ4v) is 6.36. The Labute approximate surface area is 245 Å². The number of aromatic hydroxyl groups is 3. The number of hydrogen-bond acceptors (Lipinski definition) is 6. The Morgan fingerprint density at radius 3 is 1.77 bits per heavy atom. The molecule has 1 aliphatic carbocycles. The van der Waals surface area contributed by atoms with Crippen LogP contribution in [0.25, 0.3) is 27.6 Å². The van der Waals surface area contributed by atoms with Crippen LogP contribution in [0.5, 0.6) is 17.2 Å². The largest absolute Gasteiger partial charge is 0.504 e. The van der Waals surface area contributed by atoms with Crippen LogP contribution >= 0.6 is 12.6 Å². The van der Waals surface area contributed by atoms with Gasteiger partial charge in [0.15, 0.2) is 11.5 Å². The summed E-state index contributed by atoms with van der Waals surface area (Å²) in [4.78, 5) is 9.99. The molecule has 0 saturated carbocycles. The number of phenols is 3. The van der Waals surface area contributed by atoms with Crippen molar-refractivity contribution in [3.8, 4) is 17.2 Å². The molecule has 1 unspecified atom stereocenters. The van der Waals surface area contributed by atoms with E-state index in [1.54, 1.807) is 0 Å². The summed E-state index contributed by atoms with van der Waals surface area (Å²) in [5.74, 6) is -0.726. The molecule has 0 amide bonds. The van der Waals surface area contributed by atoms with Gasteiger partial charge in [0.1, 0.15) is 17.0 Å². The highest BCUT2D eigenvalue weighted by atomic mass is 32.1. The molecule has 0 aliphatic heterocycles. The molecule has 7 heteroatoms. The van der Waals surface area contributed by atoms with E-state index in [1.807, 2.05) is 34.6 Å². The van der Waals surface area contributed by atoms with E-state index < -0.39 is 27.9 Å². The zero-order chi connectivity index (χ0) is 30.9. The van der Waals surface area contributed by atoms with E-state index in [0.717, 1.165) is 11.0 Å². The first kappa shape index (κ1) is 31.9. The molecule has 0 spiro atoms. The minimum Gasteiger partial charge on any atom is -0.504 e. The standard InChI is InChI=1S/C29H37N3O3S.2C2H6/c1-13(36)18-19-20(22(34)23(35)21(18)33)31-25(26(2,3)4)32-17-12-15-14(11-16(17)30-24(19)32)27(5,6)29(9,10)28(15,7)8;2*1-2/h11-13,33-36H,1-10H3;2*1-2H3. The lowest BCUT2D eigenvalue weighted by molar-refractivity contribution is 0.125. The van der Waals surface area contributed by atoms with Crippen LogP contribution in [0.1, 0.15) is 125 Å². The third kappa shape index (κ3) is 4.06. The summed E-state index contributed by atoms with van der Waals surface area (Å²) < 4.78 is 2.06. The Kier molecular flexibility index (Phi) is 7.97. The second-order valence-electron chi connectivity index (χ2n) is 13.1. The summed E-state index contributed by atoms with van der Waals surface area (Å²) >= 11 is 4.59. The summed E-state index contributed by atoms with van der Waals surface area (Å²) in [5.41, 5.74) is 5.01. The topological polar surface area (TPSA) is 90.9 Å². The van der Waals surface area contributed by atoms with Crippen molar-refractivity contribution in [1.29, 1.82) is 0 Å². The summed E-state index contributed by atoms with van der Waals surface area (Å²) in [6, 6.07) is 4.46. The SMILES string of the molecule is CC.CC.CC(S)c1c(O)c(O)c(O)c2nc(C(C)(C)C)n3c4cc5c(cc4nc3c12)C(C)(C)C(C)(C)C5(C)C. The van der Waals surface area contributed by atoms with Crippen LogP contribution in [0.2, 0.25) is 0 Å². The van der Waals surface area contributed by atoms with Crippen molar-refractivity contribution in [3.63, 3.8) is 0 Å². The van der Waals surface area contributed by atoms with Gasteiger partial charge in [0, 0.05) is 16.2 Å². The van der Waals surface area contributed by atoms with E-state index in [1.165, 1.54) is 11.1 Å². The van der Waals surface area contributed by atoms with Gasteiger partial charge >= 0.3 is 0 Å². The van der Waals surface area contributed by atoms with Gasteiger partial charge in [-0.25, -0.2) is 9.97 Å². The number of thiol groups is 1. The maximum absolute atomic E-state index is 10.9. The molecule has 3 N–H and O–H groups in total. The molecule has 0 fully saturated rings. The van der Waals surface area contributed by atoms with E-state index >= 15 is 0 Å². The lowest BCUT2D eigenvalue weighted by Crippen LogP contribution is -2.42. The van der Waals surface area contributed by atoms with Gasteiger partial charge in [-0.05, 0) is 46.4 Å². The van der Waals surface area contributed by atoms with Gasteiger partial charge in [0.25, 0.3) is 0 Å². The quantitative estimate of drug-likeness (QED) is 0.136. The van der Waals surface area contributed by atoms with Gasteiger partial charge in [-0.2, -0.15) is 12.6 Å². The summed E-state index contributed by atoms with van der Waals surface area (Å²) in [6.45, 7) is 29.9. The molecule has 0 bridgehead atoms. The lowest BCUT2D eigenvalue weighted by Gasteiger charge is -2.44. The third-order valence-electron chi connectivity index (χ3n) is 9.44. The van der Waals surface area contributed by atoms with Gasteiger partial charge < -0.3 is 15.3 Å². The van der Waals surface area contributed by atoms with Crippen LogP contribution in [-0.2, 0) is 16.2 Å².